The van der Waals surface area contributed by atoms with E-state index in [1.165, 1.54) is 13.0 Å². The van der Waals surface area contributed by atoms with E-state index in [0.29, 0.717) is 38.4 Å². The van der Waals surface area contributed by atoms with E-state index in [1.54, 1.807) is 4.90 Å². The largest absolute Gasteiger partial charge is 0.453 e. The van der Waals surface area contributed by atoms with Gasteiger partial charge in [-0.2, -0.15) is 13.2 Å². The van der Waals surface area contributed by atoms with Gasteiger partial charge < -0.3 is 19.7 Å². The van der Waals surface area contributed by atoms with Gasteiger partial charge in [-0.25, -0.2) is 8.42 Å². The van der Waals surface area contributed by atoms with Crippen molar-refractivity contribution in [2.45, 2.75) is 32.0 Å². The molecule has 8 nitrogen and oxygen atoms in total. The maximum absolute atomic E-state index is 13.2. The standard InChI is InChI=1S/C20H25F3N2O6S/c1-13(31-18(26)10-14-4-9-32(28,29)12-14)19(27)24-16-11-15(20(21,22)23)2-3-17(16)25-5-7-30-8-6-25/h2-3,11,13-14H,4-10,12H2,1H3,(H,24,27)/t13-,14+/m0/s1. The first-order valence-electron chi connectivity index (χ1n) is 10.2. The van der Waals surface area contributed by atoms with Crippen LogP contribution < -0.4 is 10.2 Å². The number of carbonyl (C=O) groups excluding carboxylic acids is 2. The number of nitrogens with one attached hydrogen (secondary N) is 1. The zero-order valence-electron chi connectivity index (χ0n) is 17.5. The summed E-state index contributed by atoms with van der Waals surface area (Å²) in [6.45, 7) is 3.01. The average molecular weight is 478 g/mol. The third-order valence-electron chi connectivity index (χ3n) is 5.39. The fourth-order valence-electron chi connectivity index (χ4n) is 3.69. The van der Waals surface area contributed by atoms with E-state index in [-0.39, 0.29) is 29.5 Å². The molecule has 2 heterocycles. The summed E-state index contributed by atoms with van der Waals surface area (Å²) in [6.07, 6.45) is -5.65. The minimum absolute atomic E-state index is 0.0147. The number of amides is 1. The molecule has 2 fully saturated rings. The molecule has 0 bridgehead atoms. The normalized spacial score (nSPS) is 21.8. The van der Waals surface area contributed by atoms with Crippen LogP contribution in [0.4, 0.5) is 24.5 Å². The van der Waals surface area contributed by atoms with Gasteiger partial charge in [0.15, 0.2) is 15.9 Å². The molecule has 1 aromatic carbocycles. The molecular weight excluding hydrogens is 453 g/mol. The van der Waals surface area contributed by atoms with Gasteiger partial charge in [0.1, 0.15) is 0 Å². The molecule has 3 rings (SSSR count). The van der Waals surface area contributed by atoms with Gasteiger partial charge in [-0.05, 0) is 37.5 Å². The van der Waals surface area contributed by atoms with Crippen LogP contribution in [0.3, 0.4) is 0 Å². The van der Waals surface area contributed by atoms with Gasteiger partial charge in [-0.1, -0.05) is 0 Å². The summed E-state index contributed by atoms with van der Waals surface area (Å²) in [5.41, 5.74) is -0.558. The number of alkyl halides is 3. The van der Waals surface area contributed by atoms with Gasteiger partial charge in [-0.3, -0.25) is 9.59 Å². The number of sulfone groups is 1. The van der Waals surface area contributed by atoms with E-state index in [1.807, 2.05) is 0 Å². The second-order valence-corrected chi connectivity index (χ2v) is 10.2. The van der Waals surface area contributed by atoms with Crippen LogP contribution in [-0.2, 0) is 35.1 Å². The molecule has 0 aliphatic carbocycles. The minimum atomic E-state index is -4.59. The number of halogens is 3. The van der Waals surface area contributed by atoms with Crippen LogP contribution in [0.5, 0.6) is 0 Å². The summed E-state index contributed by atoms with van der Waals surface area (Å²) in [5.74, 6) is -1.96. The molecule has 12 heteroatoms. The molecule has 2 atom stereocenters. The van der Waals surface area contributed by atoms with E-state index >= 15 is 0 Å². The minimum Gasteiger partial charge on any atom is -0.453 e. The number of anilines is 2. The van der Waals surface area contributed by atoms with Crippen LogP contribution >= 0.6 is 0 Å². The maximum Gasteiger partial charge on any atom is 0.416 e. The Bertz CT molecular complexity index is 961. The van der Waals surface area contributed by atoms with E-state index in [9.17, 15) is 31.2 Å². The number of ether oxygens (including phenoxy) is 2. The Kier molecular flexibility index (Phi) is 7.33. The van der Waals surface area contributed by atoms with E-state index in [2.05, 4.69) is 5.32 Å². The molecule has 2 aliphatic rings. The first kappa shape index (κ1) is 24.3. The Morgan fingerprint density at radius 3 is 2.56 bits per heavy atom. The molecular formula is C20H25F3N2O6S. The lowest BCUT2D eigenvalue weighted by Crippen LogP contribution is -2.37. The number of hydrogen-bond donors (Lipinski definition) is 1. The Balaban J connectivity index is 1.68. The fourth-order valence-corrected chi connectivity index (χ4v) is 5.56. The van der Waals surface area contributed by atoms with Crippen molar-refractivity contribution in [1.29, 1.82) is 0 Å². The number of carbonyl (C=O) groups is 2. The highest BCUT2D eigenvalue weighted by molar-refractivity contribution is 7.91. The highest BCUT2D eigenvalue weighted by atomic mass is 32.2. The number of morpholine rings is 1. The molecule has 1 amide bonds. The molecule has 178 valence electrons. The molecule has 0 spiro atoms. The van der Waals surface area contributed by atoms with Gasteiger partial charge in [-0.15, -0.1) is 0 Å². The summed E-state index contributed by atoms with van der Waals surface area (Å²) in [6, 6.07) is 3.08. The number of esters is 1. The van der Waals surface area contributed by atoms with Crippen molar-refractivity contribution >= 4 is 33.1 Å². The zero-order chi connectivity index (χ0) is 23.5. The smallest absolute Gasteiger partial charge is 0.416 e. The summed E-state index contributed by atoms with van der Waals surface area (Å²) >= 11 is 0. The molecule has 0 saturated carbocycles. The monoisotopic (exact) mass is 478 g/mol. The number of hydrogen-bond acceptors (Lipinski definition) is 7. The van der Waals surface area contributed by atoms with Crippen LogP contribution in [-0.4, -0.2) is 64.2 Å². The molecule has 2 aliphatic heterocycles. The fraction of sp³-hybridized carbons (Fsp3) is 0.600. The second kappa shape index (κ2) is 9.65. The van der Waals surface area contributed by atoms with Crippen molar-refractivity contribution in [1.82, 2.24) is 0 Å². The molecule has 2 saturated heterocycles. The quantitative estimate of drug-likeness (QED) is 0.626. The van der Waals surface area contributed by atoms with Crippen molar-refractivity contribution < 1.29 is 40.7 Å². The van der Waals surface area contributed by atoms with Crippen molar-refractivity contribution in [2.24, 2.45) is 5.92 Å². The predicted octanol–water partition coefficient (Wildman–Crippen LogP) is 2.24. The van der Waals surface area contributed by atoms with Gasteiger partial charge in [0.25, 0.3) is 5.91 Å². The number of rotatable bonds is 6. The van der Waals surface area contributed by atoms with Crippen molar-refractivity contribution in [3.63, 3.8) is 0 Å². The highest BCUT2D eigenvalue weighted by Crippen LogP contribution is 2.36. The second-order valence-electron chi connectivity index (χ2n) is 7.92. The number of benzene rings is 1. The molecule has 0 aromatic heterocycles. The Labute approximate surface area is 184 Å². The Hall–Kier alpha value is -2.34. The maximum atomic E-state index is 13.2. The van der Waals surface area contributed by atoms with E-state index < -0.39 is 39.6 Å². The number of nitrogens with zero attached hydrogens (tertiary/aromatic N) is 1. The molecule has 1 aromatic rings. The third kappa shape index (κ3) is 6.35. The van der Waals surface area contributed by atoms with Crippen LogP contribution in [0.1, 0.15) is 25.3 Å². The third-order valence-corrected chi connectivity index (χ3v) is 7.23. The van der Waals surface area contributed by atoms with Gasteiger partial charge in [0.2, 0.25) is 0 Å². The van der Waals surface area contributed by atoms with Crippen molar-refractivity contribution in [3.05, 3.63) is 23.8 Å². The Morgan fingerprint density at radius 2 is 1.97 bits per heavy atom. The van der Waals surface area contributed by atoms with Crippen LogP contribution in [0, 0.1) is 5.92 Å². The van der Waals surface area contributed by atoms with Crippen molar-refractivity contribution in [2.75, 3.05) is 48.0 Å². The Morgan fingerprint density at radius 1 is 1.28 bits per heavy atom. The van der Waals surface area contributed by atoms with Crippen LogP contribution in [0.25, 0.3) is 0 Å². The van der Waals surface area contributed by atoms with Gasteiger partial charge in [0, 0.05) is 19.5 Å². The predicted molar refractivity (Wildman–Crippen MR) is 110 cm³/mol. The van der Waals surface area contributed by atoms with Gasteiger partial charge in [0.05, 0.1) is 41.7 Å². The first-order chi connectivity index (χ1) is 14.9. The van der Waals surface area contributed by atoms with Crippen LogP contribution in [0.15, 0.2) is 18.2 Å². The zero-order valence-corrected chi connectivity index (χ0v) is 18.3. The summed E-state index contributed by atoms with van der Waals surface area (Å²) in [5, 5.41) is 2.44. The topological polar surface area (TPSA) is 102 Å². The van der Waals surface area contributed by atoms with Crippen LogP contribution in [0.2, 0.25) is 0 Å². The summed E-state index contributed by atoms with van der Waals surface area (Å²) in [7, 11) is -3.15. The molecule has 1 N–H and O–H groups in total. The molecule has 0 radical (unpaired) electrons. The van der Waals surface area contributed by atoms with E-state index in [4.69, 9.17) is 9.47 Å². The van der Waals surface area contributed by atoms with E-state index in [0.717, 1.165) is 12.1 Å². The van der Waals surface area contributed by atoms with Crippen molar-refractivity contribution in [3.8, 4) is 0 Å². The van der Waals surface area contributed by atoms with Gasteiger partial charge >= 0.3 is 12.1 Å². The lowest BCUT2D eigenvalue weighted by atomic mass is 10.1. The summed E-state index contributed by atoms with van der Waals surface area (Å²) in [4.78, 5) is 26.5. The lowest BCUT2D eigenvalue weighted by molar-refractivity contribution is -0.153. The first-order valence-corrected chi connectivity index (χ1v) is 12.0. The molecule has 32 heavy (non-hydrogen) atoms. The lowest BCUT2D eigenvalue weighted by Gasteiger charge is -2.31. The molecule has 0 unspecified atom stereocenters. The average Bonchev–Trinajstić information content (AvgIpc) is 3.05. The SMILES string of the molecule is C[C@H](OC(=O)C[C@H]1CCS(=O)(=O)C1)C(=O)Nc1cc(C(F)(F)F)ccc1N1CCOCC1. The highest BCUT2D eigenvalue weighted by Gasteiger charge is 2.33. The summed E-state index contributed by atoms with van der Waals surface area (Å²) < 4.78 is 73.0.